The molecule has 2 aromatic heterocycles. The lowest BCUT2D eigenvalue weighted by atomic mass is 10.1. The molecule has 0 amide bonds. The minimum Gasteiger partial charge on any atom is -0.306 e. The van der Waals surface area contributed by atoms with Gasteiger partial charge in [0.05, 0.1) is 22.1 Å². The molecule has 0 fully saturated rings. The van der Waals surface area contributed by atoms with E-state index < -0.39 is 0 Å². The van der Waals surface area contributed by atoms with Crippen LogP contribution in [-0.2, 0) is 0 Å². The standard InChI is InChI=1S/C9H8N2O2.C7H5BrN2O/c1-5(12)6-2-3-7-8(4-6)11-9(13)10-7;8-4-1-2-5-6(3-4)10-7(11)9-5/h2-4H,1H3,(H2,10,11,13);1-3H,(H2,9,10,11). The van der Waals surface area contributed by atoms with Crippen molar-refractivity contribution in [2.45, 2.75) is 6.92 Å². The third-order valence-corrected chi connectivity index (χ3v) is 3.89. The van der Waals surface area contributed by atoms with Gasteiger partial charge in [-0.25, -0.2) is 9.59 Å². The second-order valence-corrected chi connectivity index (χ2v) is 6.08. The first-order valence-electron chi connectivity index (χ1n) is 7.03. The van der Waals surface area contributed by atoms with E-state index in [1.54, 1.807) is 18.2 Å². The number of aromatic nitrogens is 4. The van der Waals surface area contributed by atoms with Gasteiger partial charge in [0.1, 0.15) is 0 Å². The van der Waals surface area contributed by atoms with Crippen LogP contribution in [0.3, 0.4) is 0 Å². The van der Waals surface area contributed by atoms with E-state index in [4.69, 9.17) is 0 Å². The van der Waals surface area contributed by atoms with Crippen LogP contribution >= 0.6 is 15.9 Å². The molecule has 4 N–H and O–H groups in total. The topological polar surface area (TPSA) is 114 Å². The van der Waals surface area contributed by atoms with E-state index in [1.165, 1.54) is 6.92 Å². The number of aromatic amines is 4. The van der Waals surface area contributed by atoms with Crippen molar-refractivity contribution in [1.82, 2.24) is 19.9 Å². The highest BCUT2D eigenvalue weighted by atomic mass is 79.9. The lowest BCUT2D eigenvalue weighted by Crippen LogP contribution is -1.99. The summed E-state index contributed by atoms with van der Waals surface area (Å²) >= 11 is 3.31. The molecule has 0 saturated carbocycles. The average molecular weight is 389 g/mol. The van der Waals surface area contributed by atoms with Crippen molar-refractivity contribution in [2.24, 2.45) is 0 Å². The van der Waals surface area contributed by atoms with Crippen molar-refractivity contribution in [3.05, 3.63) is 67.4 Å². The molecule has 0 saturated heterocycles. The second kappa shape index (κ2) is 6.32. The molecule has 8 heteroatoms. The Bertz CT molecular complexity index is 1150. The van der Waals surface area contributed by atoms with Crippen LogP contribution in [0.25, 0.3) is 22.1 Å². The van der Waals surface area contributed by atoms with Gasteiger partial charge in [0.2, 0.25) is 0 Å². The largest absolute Gasteiger partial charge is 0.323 e. The van der Waals surface area contributed by atoms with Gasteiger partial charge in [-0.1, -0.05) is 15.9 Å². The fraction of sp³-hybridized carbons (Fsp3) is 0.0625. The number of halogens is 1. The first kappa shape index (κ1) is 16.0. The number of imidazole rings is 2. The SMILES string of the molecule is CC(=O)c1ccc2[nH]c(=O)[nH]c2c1.O=c1[nH]c2ccc(Br)cc2[nH]1. The van der Waals surface area contributed by atoms with Crippen molar-refractivity contribution in [1.29, 1.82) is 0 Å². The second-order valence-electron chi connectivity index (χ2n) is 5.16. The number of hydrogen-bond donors (Lipinski definition) is 4. The molecule has 0 bridgehead atoms. The van der Waals surface area contributed by atoms with E-state index in [2.05, 4.69) is 35.9 Å². The Labute approximate surface area is 143 Å². The smallest absolute Gasteiger partial charge is 0.306 e. The summed E-state index contributed by atoms with van der Waals surface area (Å²) in [6.45, 7) is 1.49. The normalized spacial score (nSPS) is 10.6. The Morgan fingerprint density at radius 2 is 1.29 bits per heavy atom. The Morgan fingerprint density at radius 1 is 0.792 bits per heavy atom. The van der Waals surface area contributed by atoms with Crippen molar-refractivity contribution in [3.8, 4) is 0 Å². The van der Waals surface area contributed by atoms with E-state index in [9.17, 15) is 14.4 Å². The van der Waals surface area contributed by atoms with Gasteiger partial charge in [-0.3, -0.25) is 4.79 Å². The molecule has 0 atom stereocenters. The van der Waals surface area contributed by atoms with Crippen LogP contribution < -0.4 is 11.4 Å². The molecule has 4 aromatic rings. The van der Waals surface area contributed by atoms with Crippen molar-refractivity contribution >= 4 is 43.8 Å². The number of ketones is 1. The quantitative estimate of drug-likeness (QED) is 0.375. The molecule has 7 nitrogen and oxygen atoms in total. The monoisotopic (exact) mass is 388 g/mol. The maximum atomic E-state index is 11.0. The predicted molar refractivity (Wildman–Crippen MR) is 95.5 cm³/mol. The van der Waals surface area contributed by atoms with Gasteiger partial charge in [0.15, 0.2) is 5.78 Å². The van der Waals surface area contributed by atoms with Crippen LogP contribution in [0.1, 0.15) is 17.3 Å². The fourth-order valence-electron chi connectivity index (χ4n) is 2.26. The summed E-state index contributed by atoms with van der Waals surface area (Å²) in [6, 6.07) is 10.6. The van der Waals surface area contributed by atoms with Crippen LogP contribution in [0.2, 0.25) is 0 Å². The third kappa shape index (κ3) is 3.38. The molecule has 0 aliphatic heterocycles. The van der Waals surface area contributed by atoms with Crippen LogP contribution in [-0.4, -0.2) is 25.7 Å². The molecule has 0 radical (unpaired) electrons. The van der Waals surface area contributed by atoms with Gasteiger partial charge in [-0.2, -0.15) is 0 Å². The Balaban J connectivity index is 0.000000143. The highest BCUT2D eigenvalue weighted by Gasteiger charge is 2.02. The van der Waals surface area contributed by atoms with Crippen LogP contribution in [0.5, 0.6) is 0 Å². The number of benzene rings is 2. The number of Topliss-reactive ketones (excluding diaryl/α,β-unsaturated/α-hetero) is 1. The highest BCUT2D eigenvalue weighted by Crippen LogP contribution is 2.14. The summed E-state index contributed by atoms with van der Waals surface area (Å²) in [6.07, 6.45) is 0. The van der Waals surface area contributed by atoms with Gasteiger partial charge >= 0.3 is 11.4 Å². The number of carbonyl (C=O) groups is 1. The van der Waals surface area contributed by atoms with E-state index in [0.717, 1.165) is 21.0 Å². The molecule has 0 aliphatic rings. The molecule has 0 unspecified atom stereocenters. The van der Waals surface area contributed by atoms with Crippen molar-refractivity contribution in [3.63, 3.8) is 0 Å². The summed E-state index contributed by atoms with van der Waals surface area (Å²) in [5.74, 6) is -0.0102. The summed E-state index contributed by atoms with van der Waals surface area (Å²) < 4.78 is 0.959. The van der Waals surface area contributed by atoms with E-state index in [0.29, 0.717) is 11.1 Å². The molecule has 0 spiro atoms. The van der Waals surface area contributed by atoms with Crippen molar-refractivity contribution < 1.29 is 4.79 Å². The molecule has 0 aliphatic carbocycles. The minimum atomic E-state index is -0.254. The zero-order valence-corrected chi connectivity index (χ0v) is 14.2. The average Bonchev–Trinajstić information content (AvgIpc) is 3.06. The Hall–Kier alpha value is -2.87. The summed E-state index contributed by atoms with van der Waals surface area (Å²) in [5.41, 5.74) is 3.21. The molecule has 2 heterocycles. The third-order valence-electron chi connectivity index (χ3n) is 3.40. The van der Waals surface area contributed by atoms with Crippen LogP contribution in [0.15, 0.2) is 50.5 Å². The fourth-order valence-corrected chi connectivity index (χ4v) is 2.62. The number of nitrogens with one attached hydrogen (secondary N) is 4. The number of rotatable bonds is 1. The van der Waals surface area contributed by atoms with Crippen LogP contribution in [0, 0.1) is 0 Å². The molecule has 24 heavy (non-hydrogen) atoms. The first-order chi connectivity index (χ1) is 11.4. The molecular formula is C16H13BrN4O3. The minimum absolute atomic E-state index is 0.0102. The number of hydrogen-bond acceptors (Lipinski definition) is 3. The lowest BCUT2D eigenvalue weighted by Gasteiger charge is -1.93. The van der Waals surface area contributed by atoms with Gasteiger partial charge in [-0.15, -0.1) is 0 Å². The number of carbonyl (C=O) groups excluding carboxylic acids is 1. The Morgan fingerprint density at radius 3 is 1.88 bits per heavy atom. The summed E-state index contributed by atoms with van der Waals surface area (Å²) in [7, 11) is 0. The van der Waals surface area contributed by atoms with Gasteiger partial charge in [0.25, 0.3) is 0 Å². The first-order valence-corrected chi connectivity index (χ1v) is 7.82. The van der Waals surface area contributed by atoms with Crippen molar-refractivity contribution in [2.75, 3.05) is 0 Å². The van der Waals surface area contributed by atoms with Crippen LogP contribution in [0.4, 0.5) is 0 Å². The number of fused-ring (bicyclic) bond motifs is 2. The summed E-state index contributed by atoms with van der Waals surface area (Å²) in [4.78, 5) is 43.1. The summed E-state index contributed by atoms with van der Waals surface area (Å²) in [5, 5.41) is 0. The highest BCUT2D eigenvalue weighted by molar-refractivity contribution is 9.10. The van der Waals surface area contributed by atoms with Gasteiger partial charge < -0.3 is 19.9 Å². The number of H-pyrrole nitrogens is 4. The van der Waals surface area contributed by atoms with E-state index in [1.807, 2.05) is 18.2 Å². The van der Waals surface area contributed by atoms with Gasteiger partial charge in [0, 0.05) is 10.0 Å². The molecule has 4 rings (SSSR count). The molecule has 2 aromatic carbocycles. The molecule has 122 valence electrons. The lowest BCUT2D eigenvalue weighted by molar-refractivity contribution is 0.101. The van der Waals surface area contributed by atoms with Gasteiger partial charge in [-0.05, 0) is 43.3 Å². The maximum Gasteiger partial charge on any atom is 0.323 e. The zero-order chi connectivity index (χ0) is 17.3. The van der Waals surface area contributed by atoms with E-state index in [-0.39, 0.29) is 17.2 Å². The maximum absolute atomic E-state index is 11.0. The molecular weight excluding hydrogens is 376 g/mol. The Kier molecular flexibility index (Phi) is 4.22. The predicted octanol–water partition coefficient (Wildman–Crippen LogP) is 2.68. The van der Waals surface area contributed by atoms with E-state index >= 15 is 0 Å². The zero-order valence-electron chi connectivity index (χ0n) is 12.6.